The van der Waals surface area contributed by atoms with Crippen molar-refractivity contribution in [2.75, 3.05) is 13.2 Å². The summed E-state index contributed by atoms with van der Waals surface area (Å²) in [5.74, 6) is -1.53. The zero-order valence-corrected chi connectivity index (χ0v) is 13.2. The van der Waals surface area contributed by atoms with Crippen LogP contribution in [0.2, 0.25) is 0 Å². The molecule has 0 bridgehead atoms. The van der Waals surface area contributed by atoms with Crippen molar-refractivity contribution in [2.45, 2.75) is 37.9 Å². The normalized spacial score (nSPS) is 15.9. The monoisotopic (exact) mass is 348 g/mol. The minimum Gasteiger partial charge on any atom is -0.564 e. The van der Waals surface area contributed by atoms with Crippen molar-refractivity contribution in [2.24, 2.45) is 0 Å². The first-order valence-electron chi connectivity index (χ1n) is 5.24. The predicted molar refractivity (Wildman–Crippen MR) is 73.2 cm³/mol. The van der Waals surface area contributed by atoms with Gasteiger partial charge in [0.2, 0.25) is 24.4 Å². The minimum absolute atomic E-state index is 0. The van der Waals surface area contributed by atoms with Crippen LogP contribution in [0.3, 0.4) is 0 Å². The van der Waals surface area contributed by atoms with E-state index in [1.165, 1.54) is 13.8 Å². The third kappa shape index (κ3) is 17.3. The Balaban J connectivity index is -0.000000256. The number of carbonyl (C=O) groups is 2. The van der Waals surface area contributed by atoms with E-state index in [-0.39, 0.29) is 43.7 Å². The molecule has 0 amide bonds. The van der Waals surface area contributed by atoms with Crippen molar-refractivity contribution in [3.05, 3.63) is 0 Å². The van der Waals surface area contributed by atoms with Gasteiger partial charge in [0.1, 0.15) is 0 Å². The van der Waals surface area contributed by atoms with Crippen LogP contribution in [0.4, 0.5) is 0 Å². The molecule has 0 spiro atoms. The van der Waals surface area contributed by atoms with Crippen LogP contribution in [-0.4, -0.2) is 84.6 Å². The maximum absolute atomic E-state index is 10.1. The molecule has 0 fully saturated rings. The molecule has 8 nitrogen and oxygen atoms in total. The molecular weight excluding hydrogens is 321 g/mol. The van der Waals surface area contributed by atoms with E-state index in [0.717, 1.165) is 0 Å². The van der Waals surface area contributed by atoms with Crippen LogP contribution in [0.25, 0.3) is 0 Å². The summed E-state index contributed by atoms with van der Waals surface area (Å²) in [6.45, 7) is 2.70. The molecule has 0 saturated heterocycles. The number of hydrogen-bond acceptors (Lipinski definition) is 2. The quantitative estimate of drug-likeness (QED) is 0.347. The summed E-state index contributed by atoms with van der Waals surface area (Å²) in [6, 6.07) is 0. The molecule has 2 unspecified atom stereocenters. The summed E-state index contributed by atoms with van der Waals surface area (Å²) in [6.07, 6.45) is -0.285. The van der Waals surface area contributed by atoms with Gasteiger partial charge in [0, 0.05) is 41.0 Å². The number of carbonyl (C=O) groups excluding carboxylic acids is 2. The zero-order chi connectivity index (χ0) is 15.0. The summed E-state index contributed by atoms with van der Waals surface area (Å²) in [5, 5.41) is 40.9. The maximum atomic E-state index is 10.1. The first-order valence-corrected chi connectivity index (χ1v) is 5.24. The Kier molecular flexibility index (Phi) is 12.5. The van der Waals surface area contributed by atoms with Crippen LogP contribution in [0, 0.1) is 0 Å². The second-order valence-corrected chi connectivity index (χ2v) is 4.67. The van der Waals surface area contributed by atoms with Crippen LogP contribution in [-0.2, 0) is 9.59 Å². The Morgan fingerprint density at radius 2 is 1.05 bits per heavy atom. The van der Waals surface area contributed by atoms with Gasteiger partial charge in [-0.1, -0.05) is 0 Å². The SMILES string of the molecule is CC([OH2+])(C[OH2+])CC(=O)[OH2+].CC([OH2+])(C[OH2+])CC(=O)[OH2+].[Ge]. The fourth-order valence-corrected chi connectivity index (χ4v) is 0.834. The van der Waals surface area contributed by atoms with Crippen LogP contribution in [0.1, 0.15) is 26.7 Å². The summed E-state index contributed by atoms with van der Waals surface area (Å²) in [4.78, 5) is 20.2. The van der Waals surface area contributed by atoms with E-state index < -0.39 is 23.1 Å². The van der Waals surface area contributed by atoms with Gasteiger partial charge in [-0.25, -0.2) is 0 Å². The Labute approximate surface area is 121 Å². The Hall–Kier alpha value is -0.677. The van der Waals surface area contributed by atoms with Gasteiger partial charge >= 0.3 is 11.9 Å². The molecule has 0 saturated carbocycles. The second-order valence-electron chi connectivity index (χ2n) is 4.67. The second kappa shape index (κ2) is 10.2. The molecule has 0 aliphatic carbocycles. The Bertz CT molecular complexity index is 249. The molecule has 0 aromatic heterocycles. The Morgan fingerprint density at radius 1 is 0.842 bits per heavy atom. The molecule has 19 heavy (non-hydrogen) atoms. The summed E-state index contributed by atoms with van der Waals surface area (Å²) >= 11 is 0. The smallest absolute Gasteiger partial charge is 0.524 e. The molecule has 2 atom stereocenters. The van der Waals surface area contributed by atoms with Gasteiger partial charge in [0.15, 0.2) is 12.8 Å². The van der Waals surface area contributed by atoms with Gasteiger partial charge in [-0.2, -0.15) is 0 Å². The molecule has 0 aliphatic rings. The molecule has 0 aromatic carbocycles. The van der Waals surface area contributed by atoms with Crippen molar-refractivity contribution in [3.63, 3.8) is 0 Å². The molecule has 0 aromatic rings. The summed E-state index contributed by atoms with van der Waals surface area (Å²) in [7, 11) is 0. The molecule has 9 heteroatoms. The van der Waals surface area contributed by atoms with Gasteiger partial charge in [-0.3, -0.25) is 0 Å². The number of hydrogen-bond donors (Lipinski definition) is 0. The average molecular weight is 347 g/mol. The van der Waals surface area contributed by atoms with E-state index in [4.69, 9.17) is 30.6 Å². The zero-order valence-electron chi connectivity index (χ0n) is 11.1. The number of rotatable bonds is 6. The van der Waals surface area contributed by atoms with E-state index >= 15 is 0 Å². The molecule has 112 valence electrons. The minimum atomic E-state index is -1.06. The maximum Gasteiger partial charge on any atom is 0.524 e. The van der Waals surface area contributed by atoms with Crippen molar-refractivity contribution >= 4 is 29.5 Å². The topological polar surface area (TPSA) is 172 Å². The van der Waals surface area contributed by atoms with Gasteiger partial charge < -0.3 is 30.6 Å². The largest absolute Gasteiger partial charge is 0.564 e. The Morgan fingerprint density at radius 3 is 1.11 bits per heavy atom. The van der Waals surface area contributed by atoms with Crippen molar-refractivity contribution < 1.29 is 40.2 Å². The third-order valence-corrected chi connectivity index (χ3v) is 1.88. The first-order chi connectivity index (χ1) is 7.95. The predicted octanol–water partition coefficient (Wildman–Crippen LogP) is -4.71. The van der Waals surface area contributed by atoms with Gasteiger partial charge in [-0.05, 0) is 0 Å². The fraction of sp³-hybridized carbons (Fsp3) is 0.800. The fourth-order valence-electron chi connectivity index (χ4n) is 0.834. The van der Waals surface area contributed by atoms with E-state index in [2.05, 4.69) is 0 Å². The van der Waals surface area contributed by atoms with E-state index in [0.29, 0.717) is 0 Å². The van der Waals surface area contributed by atoms with E-state index in [9.17, 15) is 9.59 Å². The summed E-state index contributed by atoms with van der Waals surface area (Å²) in [5.41, 5.74) is -2.11. The molecule has 0 heterocycles. The first kappa shape index (κ1) is 23.4. The molecule has 0 rings (SSSR count). The van der Waals surface area contributed by atoms with Crippen LogP contribution in [0.15, 0.2) is 0 Å². The van der Waals surface area contributed by atoms with Gasteiger partial charge in [0.05, 0.1) is 0 Å². The molecule has 4 radical (unpaired) electrons. The van der Waals surface area contributed by atoms with Crippen LogP contribution < -0.4 is 0 Å². The van der Waals surface area contributed by atoms with Crippen molar-refractivity contribution in [3.8, 4) is 0 Å². The standard InChI is InChI=1S/2C5H10O4.Ge/c2*1-5(9,3-6)2-4(7)8;/h2*6,9H,2-3H2,1H3,(H,7,8);/p+6. The van der Waals surface area contributed by atoms with Crippen LogP contribution in [0.5, 0.6) is 0 Å². The van der Waals surface area contributed by atoms with E-state index in [1.807, 2.05) is 0 Å². The molecular formula is C10H26GeO8+6. The van der Waals surface area contributed by atoms with Crippen molar-refractivity contribution in [1.82, 2.24) is 0 Å². The summed E-state index contributed by atoms with van der Waals surface area (Å²) < 4.78 is 0. The average Bonchev–Trinajstić information content (AvgIpc) is 2.15. The molecule has 12 N–H and O–H groups in total. The van der Waals surface area contributed by atoms with Crippen molar-refractivity contribution in [1.29, 1.82) is 0 Å². The van der Waals surface area contributed by atoms with E-state index in [1.54, 1.807) is 0 Å². The van der Waals surface area contributed by atoms with Crippen LogP contribution >= 0.6 is 0 Å². The third-order valence-electron chi connectivity index (χ3n) is 1.88. The molecule has 0 aliphatic heterocycles. The van der Waals surface area contributed by atoms with Gasteiger partial charge in [0.25, 0.3) is 0 Å². The van der Waals surface area contributed by atoms with Gasteiger partial charge in [-0.15, -0.1) is 0 Å².